The van der Waals surface area contributed by atoms with Gasteiger partial charge >= 0.3 is 6.18 Å². The van der Waals surface area contributed by atoms with E-state index in [2.05, 4.69) is 11.9 Å². The lowest BCUT2D eigenvalue weighted by molar-refractivity contribution is -0.119. The molecule has 0 radical (unpaired) electrons. The molecule has 0 bridgehead atoms. The summed E-state index contributed by atoms with van der Waals surface area (Å²) in [5.41, 5.74) is 5.79. The third kappa shape index (κ3) is 4.47. The Morgan fingerprint density at radius 2 is 2.26 bits per heavy atom. The number of carbonyl (C=O) groups is 1. The van der Waals surface area contributed by atoms with E-state index in [1.165, 1.54) is 19.2 Å². The SMILES string of the molecule is C=CCNC(=O)c1sc(N(C)CC(F)(F)F)cc1N. The van der Waals surface area contributed by atoms with Crippen molar-refractivity contribution in [1.29, 1.82) is 0 Å². The predicted octanol–water partition coefficient (Wildman–Crippen LogP) is 2.24. The van der Waals surface area contributed by atoms with Gasteiger partial charge in [-0.1, -0.05) is 6.08 Å². The summed E-state index contributed by atoms with van der Waals surface area (Å²) in [7, 11) is 1.30. The summed E-state index contributed by atoms with van der Waals surface area (Å²) in [6, 6.07) is 1.36. The minimum absolute atomic E-state index is 0.163. The van der Waals surface area contributed by atoms with Crippen LogP contribution in [0.1, 0.15) is 9.67 Å². The minimum atomic E-state index is -4.31. The molecule has 106 valence electrons. The Hall–Kier alpha value is -1.70. The van der Waals surface area contributed by atoms with Crippen molar-refractivity contribution < 1.29 is 18.0 Å². The van der Waals surface area contributed by atoms with Crippen LogP contribution in [0.4, 0.5) is 23.9 Å². The van der Waals surface area contributed by atoms with E-state index in [-0.39, 0.29) is 17.1 Å². The first-order valence-corrected chi connectivity index (χ1v) is 6.12. The summed E-state index contributed by atoms with van der Waals surface area (Å²) in [4.78, 5) is 12.9. The third-order valence-electron chi connectivity index (χ3n) is 2.15. The zero-order valence-electron chi connectivity index (χ0n) is 10.3. The molecule has 0 aliphatic rings. The highest BCUT2D eigenvalue weighted by molar-refractivity contribution is 7.18. The molecule has 0 aromatic carbocycles. The first kappa shape index (κ1) is 15.4. The summed E-state index contributed by atoms with van der Waals surface area (Å²) in [5, 5.41) is 2.81. The summed E-state index contributed by atoms with van der Waals surface area (Å²) in [6.45, 7) is 2.62. The Bertz CT molecular complexity index is 470. The Morgan fingerprint density at radius 1 is 1.63 bits per heavy atom. The minimum Gasteiger partial charge on any atom is -0.397 e. The van der Waals surface area contributed by atoms with Crippen LogP contribution in [0, 0.1) is 0 Å². The topological polar surface area (TPSA) is 58.4 Å². The molecule has 1 aromatic rings. The molecule has 0 unspecified atom stereocenters. The van der Waals surface area contributed by atoms with E-state index in [0.717, 1.165) is 16.2 Å². The number of carbonyl (C=O) groups excluding carboxylic acids is 1. The fourth-order valence-electron chi connectivity index (χ4n) is 1.35. The Balaban J connectivity index is 2.84. The van der Waals surface area contributed by atoms with Crippen LogP contribution in [0.3, 0.4) is 0 Å². The van der Waals surface area contributed by atoms with Crippen molar-refractivity contribution >= 4 is 27.9 Å². The molecular formula is C11H14F3N3OS. The molecular weight excluding hydrogens is 279 g/mol. The number of nitrogens with two attached hydrogens (primary N) is 1. The first-order valence-electron chi connectivity index (χ1n) is 5.31. The predicted molar refractivity (Wildman–Crippen MR) is 70.6 cm³/mol. The molecule has 0 fully saturated rings. The number of thiophene rings is 1. The Morgan fingerprint density at radius 3 is 2.79 bits per heavy atom. The van der Waals surface area contributed by atoms with E-state index in [1.807, 2.05) is 0 Å². The van der Waals surface area contributed by atoms with Crippen LogP contribution in [0.25, 0.3) is 0 Å². The van der Waals surface area contributed by atoms with Crippen LogP contribution in [0.2, 0.25) is 0 Å². The van der Waals surface area contributed by atoms with Crippen molar-refractivity contribution in [3.05, 3.63) is 23.6 Å². The highest BCUT2D eigenvalue weighted by Gasteiger charge is 2.30. The fraction of sp³-hybridized carbons (Fsp3) is 0.364. The van der Waals surface area contributed by atoms with Crippen LogP contribution in [0.15, 0.2) is 18.7 Å². The van der Waals surface area contributed by atoms with Gasteiger partial charge in [-0.15, -0.1) is 17.9 Å². The molecule has 3 N–H and O–H groups in total. The second kappa shape index (κ2) is 5.96. The Kier molecular flexibility index (Phi) is 4.82. The zero-order valence-corrected chi connectivity index (χ0v) is 11.1. The summed E-state index contributed by atoms with van der Waals surface area (Å²) >= 11 is 0.921. The molecule has 1 heterocycles. The molecule has 1 amide bonds. The maximum absolute atomic E-state index is 12.3. The molecule has 1 rings (SSSR count). The van der Waals surface area contributed by atoms with Crippen LogP contribution in [-0.4, -0.2) is 32.2 Å². The molecule has 0 spiro atoms. The van der Waals surface area contributed by atoms with Crippen LogP contribution < -0.4 is 16.0 Å². The Labute approximate surface area is 112 Å². The molecule has 4 nitrogen and oxygen atoms in total. The summed E-state index contributed by atoms with van der Waals surface area (Å²) < 4.78 is 36.8. The molecule has 0 aliphatic carbocycles. The van der Waals surface area contributed by atoms with E-state index < -0.39 is 18.6 Å². The number of alkyl halides is 3. The normalized spacial score (nSPS) is 11.2. The molecule has 1 aromatic heterocycles. The van der Waals surface area contributed by atoms with Gasteiger partial charge in [-0.05, 0) is 6.07 Å². The van der Waals surface area contributed by atoms with Gasteiger partial charge in [0, 0.05) is 13.6 Å². The monoisotopic (exact) mass is 293 g/mol. The van der Waals surface area contributed by atoms with Crippen molar-refractivity contribution in [2.45, 2.75) is 6.18 Å². The van der Waals surface area contributed by atoms with Gasteiger partial charge in [-0.2, -0.15) is 13.2 Å². The number of anilines is 2. The van der Waals surface area contributed by atoms with E-state index in [9.17, 15) is 18.0 Å². The number of hydrogen-bond acceptors (Lipinski definition) is 4. The fourth-order valence-corrected chi connectivity index (χ4v) is 2.31. The lowest BCUT2D eigenvalue weighted by atomic mass is 10.3. The van der Waals surface area contributed by atoms with Gasteiger partial charge < -0.3 is 16.0 Å². The summed E-state index contributed by atoms with van der Waals surface area (Å²) in [5.74, 6) is -0.422. The number of amides is 1. The maximum atomic E-state index is 12.3. The third-order valence-corrected chi connectivity index (χ3v) is 3.42. The molecule has 0 atom stereocenters. The van der Waals surface area contributed by atoms with Gasteiger partial charge in [-0.3, -0.25) is 4.79 Å². The van der Waals surface area contributed by atoms with Crippen molar-refractivity contribution in [2.24, 2.45) is 0 Å². The number of nitrogens with zero attached hydrogens (tertiary/aromatic N) is 1. The lowest BCUT2D eigenvalue weighted by Gasteiger charge is -2.18. The number of nitrogens with one attached hydrogen (secondary N) is 1. The van der Waals surface area contributed by atoms with E-state index in [4.69, 9.17) is 5.73 Å². The number of rotatable bonds is 5. The van der Waals surface area contributed by atoms with E-state index in [0.29, 0.717) is 5.00 Å². The molecule has 0 aliphatic heterocycles. The van der Waals surface area contributed by atoms with Crippen LogP contribution in [0.5, 0.6) is 0 Å². The lowest BCUT2D eigenvalue weighted by Crippen LogP contribution is -2.30. The zero-order chi connectivity index (χ0) is 14.6. The van der Waals surface area contributed by atoms with Crippen LogP contribution in [-0.2, 0) is 0 Å². The van der Waals surface area contributed by atoms with Gasteiger partial charge in [0.05, 0.1) is 10.7 Å². The van der Waals surface area contributed by atoms with Gasteiger partial charge in [-0.25, -0.2) is 0 Å². The quantitative estimate of drug-likeness (QED) is 0.819. The first-order chi connectivity index (χ1) is 8.74. The number of halogens is 3. The van der Waals surface area contributed by atoms with Gasteiger partial charge in [0.15, 0.2) is 0 Å². The van der Waals surface area contributed by atoms with Gasteiger partial charge in [0.25, 0.3) is 5.91 Å². The number of nitrogen functional groups attached to an aromatic ring is 1. The molecule has 8 heteroatoms. The van der Waals surface area contributed by atoms with Crippen molar-refractivity contribution in [3.63, 3.8) is 0 Å². The van der Waals surface area contributed by atoms with Crippen molar-refractivity contribution in [3.8, 4) is 0 Å². The van der Waals surface area contributed by atoms with Gasteiger partial charge in [0.2, 0.25) is 0 Å². The highest BCUT2D eigenvalue weighted by atomic mass is 32.1. The van der Waals surface area contributed by atoms with Crippen molar-refractivity contribution in [1.82, 2.24) is 5.32 Å². The smallest absolute Gasteiger partial charge is 0.397 e. The number of hydrogen-bond donors (Lipinski definition) is 2. The second-order valence-corrected chi connectivity index (χ2v) is 4.87. The molecule has 0 saturated heterocycles. The average molecular weight is 293 g/mol. The second-order valence-electron chi connectivity index (χ2n) is 3.84. The highest BCUT2D eigenvalue weighted by Crippen LogP contribution is 2.32. The van der Waals surface area contributed by atoms with Crippen LogP contribution >= 0.6 is 11.3 Å². The maximum Gasteiger partial charge on any atom is 0.405 e. The largest absolute Gasteiger partial charge is 0.405 e. The standard InChI is InChI=1S/C11H14F3N3OS/c1-3-4-16-10(18)9-7(15)5-8(19-9)17(2)6-11(12,13)14/h3,5H,1,4,6,15H2,2H3,(H,16,18). The van der Waals surface area contributed by atoms with Gasteiger partial charge in [0.1, 0.15) is 11.4 Å². The molecule has 19 heavy (non-hydrogen) atoms. The van der Waals surface area contributed by atoms with E-state index in [1.54, 1.807) is 0 Å². The van der Waals surface area contributed by atoms with E-state index >= 15 is 0 Å². The molecule has 0 saturated carbocycles. The van der Waals surface area contributed by atoms with Crippen molar-refractivity contribution in [2.75, 3.05) is 30.8 Å². The summed E-state index contributed by atoms with van der Waals surface area (Å²) in [6.07, 6.45) is -2.81. The average Bonchev–Trinajstić information content (AvgIpc) is 2.66.